The molecule has 0 saturated carbocycles. The third-order valence-electron chi connectivity index (χ3n) is 3.68. The highest BCUT2D eigenvalue weighted by Gasteiger charge is 2.32. The number of carbonyl (C=O) groups is 1. The number of hydrogen-bond acceptors (Lipinski definition) is 7. The zero-order valence-corrected chi connectivity index (χ0v) is 17.3. The van der Waals surface area contributed by atoms with Crippen molar-refractivity contribution in [2.45, 2.75) is 18.2 Å². The largest absolute Gasteiger partial charge is 0.573 e. The van der Waals surface area contributed by atoms with E-state index in [-0.39, 0.29) is 28.8 Å². The number of hydrazine groups is 1. The van der Waals surface area contributed by atoms with Gasteiger partial charge in [-0.15, -0.1) is 24.9 Å². The summed E-state index contributed by atoms with van der Waals surface area (Å²) in [5.74, 6) is 4.52. The molecule has 0 unspecified atom stereocenters. The average Bonchev–Trinajstić information content (AvgIpc) is 2.68. The van der Waals surface area contributed by atoms with Gasteiger partial charge in [-0.2, -0.15) is 0 Å². The minimum atomic E-state index is -4.81. The number of carbonyl (C=O) groups excluding carboxylic acids is 1. The van der Waals surface area contributed by atoms with Gasteiger partial charge in [0.05, 0.1) is 17.3 Å². The first-order chi connectivity index (χ1) is 14.1. The molecule has 6 nitrogen and oxygen atoms in total. The van der Waals surface area contributed by atoms with Gasteiger partial charge in [-0.1, -0.05) is 29.8 Å². The van der Waals surface area contributed by atoms with Gasteiger partial charge in [-0.05, 0) is 42.3 Å². The molecule has 0 aliphatic carbocycles. The minimum absolute atomic E-state index is 0.00298. The Hall–Kier alpha value is -2.56. The smallest absolute Gasteiger partial charge is 0.461 e. The van der Waals surface area contributed by atoms with Gasteiger partial charge < -0.3 is 20.6 Å². The topological polar surface area (TPSA) is 99.6 Å². The standard InChI is InChI=1S/C19H19ClF3N3O3S/c1-2-28-18(27)17(26-25)15(24)10-30-13-6-3-11(4-7-13)12-5-8-16(14(20)9-12)29-19(21,22)23/h3-9,26H,2,10,24-25H2,1H3/b17-15-. The second-order valence-electron chi connectivity index (χ2n) is 5.77. The first-order valence-electron chi connectivity index (χ1n) is 8.55. The molecule has 0 aliphatic heterocycles. The summed E-state index contributed by atoms with van der Waals surface area (Å²) in [6, 6.07) is 11.2. The second kappa shape index (κ2) is 10.5. The summed E-state index contributed by atoms with van der Waals surface area (Å²) >= 11 is 7.26. The normalized spacial score (nSPS) is 12.2. The van der Waals surface area contributed by atoms with Crippen LogP contribution in [0.5, 0.6) is 5.75 Å². The molecule has 0 aromatic heterocycles. The Balaban J connectivity index is 2.08. The fourth-order valence-electron chi connectivity index (χ4n) is 2.35. The number of alkyl halides is 3. The molecule has 2 aromatic carbocycles. The summed E-state index contributed by atoms with van der Waals surface area (Å²) in [5.41, 5.74) is 9.77. The summed E-state index contributed by atoms with van der Waals surface area (Å²) in [6.45, 7) is 1.86. The number of thioether (sulfide) groups is 1. The zero-order valence-electron chi connectivity index (χ0n) is 15.8. The van der Waals surface area contributed by atoms with E-state index in [2.05, 4.69) is 10.2 Å². The fourth-order valence-corrected chi connectivity index (χ4v) is 3.36. The Bertz CT molecular complexity index is 921. The molecule has 0 spiro atoms. The lowest BCUT2D eigenvalue weighted by Gasteiger charge is -2.12. The Labute approximate surface area is 180 Å². The number of ether oxygens (including phenoxy) is 2. The number of nitrogens with two attached hydrogens (primary N) is 2. The van der Waals surface area contributed by atoms with Crippen molar-refractivity contribution in [1.29, 1.82) is 0 Å². The molecule has 5 N–H and O–H groups in total. The molecule has 0 radical (unpaired) electrons. The maximum Gasteiger partial charge on any atom is 0.573 e. The number of nitrogens with one attached hydrogen (secondary N) is 1. The number of esters is 1. The highest BCUT2D eigenvalue weighted by Crippen LogP contribution is 2.34. The SMILES string of the molecule is CCOC(=O)/C(NN)=C(/N)CSc1ccc(-c2ccc(OC(F)(F)F)c(Cl)c2)cc1. The number of benzene rings is 2. The minimum Gasteiger partial charge on any atom is -0.461 e. The summed E-state index contributed by atoms with van der Waals surface area (Å²) in [6.07, 6.45) is -4.81. The molecule has 0 saturated heterocycles. The second-order valence-corrected chi connectivity index (χ2v) is 7.23. The van der Waals surface area contributed by atoms with Crippen molar-refractivity contribution in [3.8, 4) is 16.9 Å². The average molecular weight is 462 g/mol. The monoisotopic (exact) mass is 461 g/mol. The van der Waals surface area contributed by atoms with Crippen molar-refractivity contribution < 1.29 is 27.4 Å². The highest BCUT2D eigenvalue weighted by molar-refractivity contribution is 7.99. The van der Waals surface area contributed by atoms with E-state index >= 15 is 0 Å². The maximum atomic E-state index is 12.3. The molecule has 0 bridgehead atoms. The molecule has 2 rings (SSSR count). The molecule has 30 heavy (non-hydrogen) atoms. The Morgan fingerprint density at radius 3 is 2.33 bits per heavy atom. The van der Waals surface area contributed by atoms with Gasteiger partial charge >= 0.3 is 12.3 Å². The van der Waals surface area contributed by atoms with Crippen molar-refractivity contribution in [1.82, 2.24) is 5.43 Å². The molecule has 0 atom stereocenters. The summed E-state index contributed by atoms with van der Waals surface area (Å²) in [4.78, 5) is 12.6. The predicted molar refractivity (Wildman–Crippen MR) is 109 cm³/mol. The molecule has 0 aliphatic rings. The number of rotatable bonds is 8. The lowest BCUT2D eigenvalue weighted by molar-refractivity contribution is -0.274. The molecule has 11 heteroatoms. The van der Waals surface area contributed by atoms with Crippen LogP contribution in [0.15, 0.2) is 58.8 Å². The van der Waals surface area contributed by atoms with Gasteiger partial charge in [-0.25, -0.2) is 4.79 Å². The van der Waals surface area contributed by atoms with Gasteiger partial charge in [-0.3, -0.25) is 5.84 Å². The molecular formula is C19H19ClF3N3O3S. The zero-order chi connectivity index (χ0) is 22.3. The Morgan fingerprint density at radius 2 is 1.80 bits per heavy atom. The molecule has 2 aromatic rings. The highest BCUT2D eigenvalue weighted by atomic mass is 35.5. The fraction of sp³-hybridized carbons (Fsp3) is 0.211. The number of halogens is 4. The lowest BCUT2D eigenvalue weighted by Crippen LogP contribution is -2.32. The maximum absolute atomic E-state index is 12.3. The van der Waals surface area contributed by atoms with E-state index in [1.807, 2.05) is 0 Å². The molecule has 0 heterocycles. The molecule has 0 amide bonds. The van der Waals surface area contributed by atoms with Crippen molar-refractivity contribution in [3.05, 3.63) is 58.9 Å². The van der Waals surface area contributed by atoms with Crippen molar-refractivity contribution >= 4 is 29.3 Å². The molecular weight excluding hydrogens is 443 g/mol. The first-order valence-corrected chi connectivity index (χ1v) is 9.91. The van der Waals surface area contributed by atoms with Crippen LogP contribution in [0.2, 0.25) is 5.02 Å². The van der Waals surface area contributed by atoms with Crippen LogP contribution in [0, 0.1) is 0 Å². The predicted octanol–water partition coefficient (Wildman–Crippen LogP) is 4.19. The van der Waals surface area contributed by atoms with Crippen LogP contribution in [0.3, 0.4) is 0 Å². The van der Waals surface area contributed by atoms with Crippen LogP contribution >= 0.6 is 23.4 Å². The van der Waals surface area contributed by atoms with E-state index in [0.717, 1.165) is 16.5 Å². The van der Waals surface area contributed by atoms with Crippen LogP contribution in [0.4, 0.5) is 13.2 Å². The van der Waals surface area contributed by atoms with E-state index in [4.69, 9.17) is 27.9 Å². The van der Waals surface area contributed by atoms with Gasteiger partial charge in [0.2, 0.25) is 0 Å². The van der Waals surface area contributed by atoms with Gasteiger partial charge in [0.1, 0.15) is 5.75 Å². The van der Waals surface area contributed by atoms with E-state index < -0.39 is 18.1 Å². The van der Waals surface area contributed by atoms with Crippen LogP contribution < -0.4 is 21.7 Å². The van der Waals surface area contributed by atoms with Gasteiger partial charge in [0.15, 0.2) is 5.70 Å². The first kappa shape index (κ1) is 23.7. The van der Waals surface area contributed by atoms with Crippen LogP contribution in [0.1, 0.15) is 6.92 Å². The van der Waals surface area contributed by atoms with Crippen molar-refractivity contribution in [2.75, 3.05) is 12.4 Å². The quantitative estimate of drug-likeness (QED) is 0.178. The molecule has 162 valence electrons. The van der Waals surface area contributed by atoms with Crippen LogP contribution in [0.25, 0.3) is 11.1 Å². The third-order valence-corrected chi connectivity index (χ3v) is 5.04. The lowest BCUT2D eigenvalue weighted by atomic mass is 10.1. The van der Waals surface area contributed by atoms with Crippen molar-refractivity contribution in [3.63, 3.8) is 0 Å². The van der Waals surface area contributed by atoms with E-state index in [1.54, 1.807) is 31.2 Å². The molecule has 0 fully saturated rings. The summed E-state index contributed by atoms with van der Waals surface area (Å²) in [7, 11) is 0. The number of hydrogen-bond donors (Lipinski definition) is 3. The van der Waals surface area contributed by atoms with E-state index in [1.165, 1.54) is 23.9 Å². The van der Waals surface area contributed by atoms with Crippen LogP contribution in [-0.4, -0.2) is 24.7 Å². The van der Waals surface area contributed by atoms with Gasteiger partial charge in [0.25, 0.3) is 0 Å². The van der Waals surface area contributed by atoms with Gasteiger partial charge in [0, 0.05) is 10.6 Å². The summed E-state index contributed by atoms with van der Waals surface area (Å²) in [5, 5.41) is -0.151. The third kappa shape index (κ3) is 6.75. The van der Waals surface area contributed by atoms with E-state index in [9.17, 15) is 18.0 Å². The Kier molecular flexibility index (Phi) is 8.27. The van der Waals surface area contributed by atoms with Crippen LogP contribution in [-0.2, 0) is 9.53 Å². The van der Waals surface area contributed by atoms with E-state index in [0.29, 0.717) is 5.56 Å². The van der Waals surface area contributed by atoms with Crippen molar-refractivity contribution in [2.24, 2.45) is 11.6 Å². The Morgan fingerprint density at radius 1 is 1.17 bits per heavy atom. The summed E-state index contributed by atoms with van der Waals surface area (Å²) < 4.78 is 45.8.